The molecule has 0 saturated carbocycles. The molecule has 0 unspecified atom stereocenters. The number of carbonyl (C=O) groups is 1. The van der Waals surface area contributed by atoms with E-state index < -0.39 is 0 Å². The molecule has 0 atom stereocenters. The fourth-order valence-corrected chi connectivity index (χ4v) is 3.34. The summed E-state index contributed by atoms with van der Waals surface area (Å²) in [5, 5.41) is 13.1. The van der Waals surface area contributed by atoms with Crippen LogP contribution in [0.15, 0.2) is 30.6 Å². The third-order valence-electron chi connectivity index (χ3n) is 4.66. The zero-order chi connectivity index (χ0) is 19.7. The number of carbonyl (C=O) groups excluding carboxylic acids is 1. The van der Waals surface area contributed by atoms with Crippen LogP contribution in [0.1, 0.15) is 5.69 Å². The summed E-state index contributed by atoms with van der Waals surface area (Å²) in [4.78, 5) is 25.5. The van der Waals surface area contributed by atoms with Crippen molar-refractivity contribution in [3.8, 4) is 23.2 Å². The number of H-pyrrole nitrogens is 1. The number of hydrogen-bond acceptors (Lipinski definition) is 5. The molecule has 0 radical (unpaired) electrons. The van der Waals surface area contributed by atoms with Crippen LogP contribution in [-0.2, 0) is 6.54 Å². The maximum atomic E-state index is 12.1. The van der Waals surface area contributed by atoms with Crippen molar-refractivity contribution in [3.05, 3.63) is 41.3 Å². The van der Waals surface area contributed by atoms with E-state index in [-0.39, 0.29) is 11.9 Å². The Morgan fingerprint density at radius 1 is 1.39 bits per heavy atom. The van der Waals surface area contributed by atoms with Gasteiger partial charge in [-0.2, -0.15) is 5.26 Å². The molecule has 8 nitrogen and oxygen atoms in total. The van der Waals surface area contributed by atoms with Crippen LogP contribution in [-0.4, -0.2) is 46.1 Å². The first kappa shape index (κ1) is 18.1. The van der Waals surface area contributed by atoms with Crippen LogP contribution in [0, 0.1) is 17.2 Å². The number of ether oxygens (including phenoxy) is 1. The Labute approximate surface area is 166 Å². The van der Waals surface area contributed by atoms with Crippen molar-refractivity contribution in [2.45, 2.75) is 6.54 Å². The minimum atomic E-state index is -0.169. The van der Waals surface area contributed by atoms with Gasteiger partial charge in [-0.15, -0.1) is 0 Å². The summed E-state index contributed by atoms with van der Waals surface area (Å²) in [6, 6.07) is 7.69. The summed E-state index contributed by atoms with van der Waals surface area (Å²) in [6.07, 6.45) is 3.15. The Kier molecular flexibility index (Phi) is 4.75. The highest BCUT2D eigenvalue weighted by Crippen LogP contribution is 2.31. The lowest BCUT2D eigenvalue weighted by atomic mass is 10.0. The van der Waals surface area contributed by atoms with Crippen molar-refractivity contribution in [2.75, 3.05) is 20.2 Å². The molecule has 28 heavy (non-hydrogen) atoms. The number of benzene rings is 1. The molecule has 2 N–H and O–H groups in total. The number of rotatable bonds is 4. The minimum Gasteiger partial charge on any atom is -0.480 e. The molecule has 1 aliphatic heterocycles. The summed E-state index contributed by atoms with van der Waals surface area (Å²) < 4.78 is 5.03. The standard InChI is InChI=1S/C19H17ClN6O2/c1-28-18-8-22-17(7-23-18)14-4-16-12(3-15(14)20)2-13(25-16)6-24-19(27)26-9-11(5-21)10-26/h2-4,7-8,11,25H,6,9-10H2,1H3,(H,24,27). The number of urea groups is 1. The number of nitriles is 1. The zero-order valence-corrected chi connectivity index (χ0v) is 15.8. The Morgan fingerprint density at radius 2 is 2.21 bits per heavy atom. The van der Waals surface area contributed by atoms with Crippen LogP contribution < -0.4 is 10.1 Å². The van der Waals surface area contributed by atoms with Crippen LogP contribution in [0.25, 0.3) is 22.2 Å². The van der Waals surface area contributed by atoms with Gasteiger partial charge in [0.1, 0.15) is 0 Å². The number of halogens is 1. The molecule has 9 heteroatoms. The van der Waals surface area contributed by atoms with Gasteiger partial charge >= 0.3 is 6.03 Å². The van der Waals surface area contributed by atoms with Gasteiger partial charge in [-0.25, -0.2) is 14.8 Å². The van der Waals surface area contributed by atoms with E-state index in [1.54, 1.807) is 11.1 Å². The van der Waals surface area contributed by atoms with E-state index in [1.165, 1.54) is 13.3 Å². The monoisotopic (exact) mass is 396 g/mol. The summed E-state index contributed by atoms with van der Waals surface area (Å²) in [7, 11) is 1.53. The number of hydrogen-bond donors (Lipinski definition) is 2. The Hall–Kier alpha value is -3.31. The third-order valence-corrected chi connectivity index (χ3v) is 4.97. The number of aromatic nitrogens is 3. The quantitative estimate of drug-likeness (QED) is 0.705. The maximum absolute atomic E-state index is 12.1. The van der Waals surface area contributed by atoms with Crippen molar-refractivity contribution < 1.29 is 9.53 Å². The molecule has 2 amide bonds. The number of amides is 2. The molecular formula is C19H17ClN6O2. The molecule has 1 aliphatic rings. The first-order valence-corrected chi connectivity index (χ1v) is 9.05. The van der Waals surface area contributed by atoms with E-state index in [4.69, 9.17) is 21.6 Å². The first-order chi connectivity index (χ1) is 13.6. The van der Waals surface area contributed by atoms with Gasteiger partial charge in [-0.3, -0.25) is 0 Å². The maximum Gasteiger partial charge on any atom is 0.317 e. The van der Waals surface area contributed by atoms with Crippen LogP contribution >= 0.6 is 11.6 Å². The van der Waals surface area contributed by atoms with Crippen LogP contribution in [0.4, 0.5) is 4.79 Å². The number of likely N-dealkylation sites (tertiary alicyclic amines) is 1. The molecule has 1 saturated heterocycles. The number of nitrogens with one attached hydrogen (secondary N) is 2. The van der Waals surface area contributed by atoms with E-state index in [1.807, 2.05) is 18.2 Å². The summed E-state index contributed by atoms with van der Waals surface area (Å²) >= 11 is 6.43. The number of fused-ring (bicyclic) bond motifs is 1. The average Bonchev–Trinajstić information content (AvgIpc) is 3.06. The van der Waals surface area contributed by atoms with Crippen molar-refractivity contribution in [3.63, 3.8) is 0 Å². The largest absolute Gasteiger partial charge is 0.480 e. The highest BCUT2D eigenvalue weighted by atomic mass is 35.5. The van der Waals surface area contributed by atoms with Crippen LogP contribution in [0.5, 0.6) is 5.88 Å². The molecule has 0 spiro atoms. The Bertz CT molecular complexity index is 1070. The molecule has 3 aromatic rings. The lowest BCUT2D eigenvalue weighted by Gasteiger charge is -2.35. The summed E-state index contributed by atoms with van der Waals surface area (Å²) in [6.45, 7) is 1.32. The second-order valence-electron chi connectivity index (χ2n) is 6.55. The lowest BCUT2D eigenvalue weighted by molar-refractivity contribution is 0.143. The molecule has 0 bridgehead atoms. The molecule has 3 heterocycles. The second-order valence-corrected chi connectivity index (χ2v) is 6.95. The summed E-state index contributed by atoms with van der Waals surface area (Å²) in [5.74, 6) is 0.377. The normalized spacial score (nSPS) is 13.8. The number of nitrogens with zero attached hydrogens (tertiary/aromatic N) is 4. The minimum absolute atomic E-state index is 0.0551. The number of aromatic amines is 1. The van der Waals surface area contributed by atoms with Gasteiger partial charge in [0.05, 0.1) is 48.8 Å². The topological polar surface area (TPSA) is 107 Å². The molecular weight excluding hydrogens is 380 g/mol. The van der Waals surface area contributed by atoms with Crippen molar-refractivity contribution in [1.82, 2.24) is 25.2 Å². The number of methoxy groups -OCH3 is 1. The second kappa shape index (κ2) is 7.37. The van der Waals surface area contributed by atoms with Gasteiger partial charge in [0.25, 0.3) is 0 Å². The molecule has 142 valence electrons. The molecule has 4 rings (SSSR count). The van der Waals surface area contributed by atoms with Gasteiger partial charge in [-0.05, 0) is 18.2 Å². The van der Waals surface area contributed by atoms with Crippen molar-refractivity contribution in [1.29, 1.82) is 5.26 Å². The molecule has 2 aromatic heterocycles. The SMILES string of the molecule is COc1cnc(-c2cc3[nH]c(CNC(=O)N4CC(C#N)C4)cc3cc2Cl)cn1. The Morgan fingerprint density at radius 3 is 2.89 bits per heavy atom. The highest BCUT2D eigenvalue weighted by molar-refractivity contribution is 6.34. The smallest absolute Gasteiger partial charge is 0.317 e. The van der Waals surface area contributed by atoms with E-state index in [9.17, 15) is 4.79 Å². The van der Waals surface area contributed by atoms with Crippen LogP contribution in [0.2, 0.25) is 5.02 Å². The Balaban J connectivity index is 1.49. The van der Waals surface area contributed by atoms with Gasteiger partial charge < -0.3 is 19.9 Å². The predicted molar refractivity (Wildman–Crippen MR) is 104 cm³/mol. The molecule has 1 fully saturated rings. The van der Waals surface area contributed by atoms with Crippen molar-refractivity contribution >= 4 is 28.5 Å². The lowest BCUT2D eigenvalue weighted by Crippen LogP contribution is -2.53. The molecule has 0 aliphatic carbocycles. The molecule has 1 aromatic carbocycles. The highest BCUT2D eigenvalue weighted by Gasteiger charge is 2.30. The predicted octanol–water partition coefficient (Wildman–Crippen LogP) is 2.95. The zero-order valence-electron chi connectivity index (χ0n) is 15.1. The average molecular weight is 397 g/mol. The third kappa shape index (κ3) is 3.44. The van der Waals surface area contributed by atoms with Gasteiger partial charge in [-0.1, -0.05) is 11.6 Å². The van der Waals surface area contributed by atoms with Gasteiger partial charge in [0.2, 0.25) is 5.88 Å². The first-order valence-electron chi connectivity index (χ1n) is 8.67. The van der Waals surface area contributed by atoms with Crippen molar-refractivity contribution in [2.24, 2.45) is 5.92 Å². The van der Waals surface area contributed by atoms with E-state index in [2.05, 4.69) is 26.3 Å². The van der Waals surface area contributed by atoms with E-state index >= 15 is 0 Å². The fourth-order valence-electron chi connectivity index (χ4n) is 3.07. The van der Waals surface area contributed by atoms with Gasteiger partial charge in [0.15, 0.2) is 0 Å². The summed E-state index contributed by atoms with van der Waals surface area (Å²) in [5.41, 5.74) is 3.14. The van der Waals surface area contributed by atoms with E-state index in [0.29, 0.717) is 36.2 Å². The fraction of sp³-hybridized carbons (Fsp3) is 0.263. The van der Waals surface area contributed by atoms with E-state index in [0.717, 1.165) is 22.2 Å². The van der Waals surface area contributed by atoms with Gasteiger partial charge in [0, 0.05) is 35.2 Å². The van der Waals surface area contributed by atoms with Crippen LogP contribution in [0.3, 0.4) is 0 Å².